The molecule has 1 aromatic carbocycles. The van der Waals surface area contributed by atoms with Crippen molar-refractivity contribution in [2.45, 2.75) is 40.0 Å². The van der Waals surface area contributed by atoms with Crippen molar-refractivity contribution < 1.29 is 28.3 Å². The van der Waals surface area contributed by atoms with E-state index in [0.717, 1.165) is 12.0 Å². The van der Waals surface area contributed by atoms with E-state index >= 15 is 0 Å². The number of esters is 1. The molecule has 0 saturated heterocycles. The normalized spacial score (nSPS) is 14.0. The molecule has 2 aromatic rings. The molecule has 0 atom stereocenters. The third kappa shape index (κ3) is 5.11. The number of furan rings is 1. The quantitative estimate of drug-likeness (QED) is 0.534. The summed E-state index contributed by atoms with van der Waals surface area (Å²) in [5.74, 6) is 0.0211. The van der Waals surface area contributed by atoms with Gasteiger partial charge in [-0.25, -0.2) is 15.0 Å². The van der Waals surface area contributed by atoms with Gasteiger partial charge < -0.3 is 19.2 Å². The number of nitrogens with zero attached hydrogens (tertiary/aromatic N) is 1. The molecule has 0 saturated carbocycles. The fourth-order valence-electron chi connectivity index (χ4n) is 3.37. The number of aryl methyl sites for hydroxylation is 1. The summed E-state index contributed by atoms with van der Waals surface area (Å²) in [5.41, 5.74) is 5.33. The Hall–Kier alpha value is -3.62. The lowest BCUT2D eigenvalue weighted by Gasteiger charge is -2.13. The van der Waals surface area contributed by atoms with Gasteiger partial charge in [-0.15, -0.1) is 0 Å². The minimum atomic E-state index is -0.632. The van der Waals surface area contributed by atoms with Gasteiger partial charge in [0.05, 0.1) is 24.5 Å². The van der Waals surface area contributed by atoms with E-state index in [9.17, 15) is 14.4 Å². The molecule has 0 spiro atoms. The van der Waals surface area contributed by atoms with Gasteiger partial charge in [0.2, 0.25) is 0 Å². The zero-order chi connectivity index (χ0) is 22.4. The predicted octanol–water partition coefficient (Wildman–Crippen LogP) is 3.80. The number of rotatable bonds is 6. The van der Waals surface area contributed by atoms with Gasteiger partial charge in [0, 0.05) is 23.2 Å². The average Bonchev–Trinajstić information content (AvgIpc) is 3.10. The third-order valence-electron chi connectivity index (χ3n) is 4.74. The first-order valence-electron chi connectivity index (χ1n) is 10.1. The number of benzene rings is 1. The number of hydrogen-bond donors (Lipinski definition) is 2. The highest BCUT2D eigenvalue weighted by Crippen LogP contribution is 2.30. The lowest BCUT2D eigenvalue weighted by atomic mass is 9.93. The van der Waals surface area contributed by atoms with E-state index in [-0.39, 0.29) is 12.4 Å². The van der Waals surface area contributed by atoms with Crippen molar-refractivity contribution in [3.8, 4) is 0 Å². The van der Waals surface area contributed by atoms with Gasteiger partial charge in [0.1, 0.15) is 5.76 Å². The number of fused-ring (bicyclic) bond motifs is 1. The summed E-state index contributed by atoms with van der Waals surface area (Å²) in [6.07, 6.45) is 1.49. The first-order valence-corrected chi connectivity index (χ1v) is 10.1. The molecule has 1 heterocycles. The molecule has 9 heteroatoms. The van der Waals surface area contributed by atoms with Crippen molar-refractivity contribution in [2.75, 3.05) is 18.5 Å². The van der Waals surface area contributed by atoms with Crippen molar-refractivity contribution in [3.63, 3.8) is 0 Å². The Morgan fingerprint density at radius 3 is 2.45 bits per heavy atom. The predicted molar refractivity (Wildman–Crippen MR) is 113 cm³/mol. The number of amides is 2. The molecule has 2 N–H and O–H groups in total. The summed E-state index contributed by atoms with van der Waals surface area (Å²) in [6, 6.07) is 6.41. The molecule has 164 valence electrons. The average molecular weight is 427 g/mol. The number of carbonyl (C=O) groups excluding carboxylic acids is 3. The maximum absolute atomic E-state index is 12.8. The Morgan fingerprint density at radius 2 is 1.77 bits per heavy atom. The first kappa shape index (κ1) is 22.1. The molecule has 0 fully saturated rings. The first-order chi connectivity index (χ1) is 14.9. The maximum atomic E-state index is 12.8. The fraction of sp³-hybridized carbons (Fsp3) is 0.364. The van der Waals surface area contributed by atoms with Crippen LogP contribution in [0.5, 0.6) is 0 Å². The minimum absolute atomic E-state index is 0.185. The van der Waals surface area contributed by atoms with Crippen LogP contribution in [0.2, 0.25) is 0 Å². The summed E-state index contributed by atoms with van der Waals surface area (Å²) in [4.78, 5) is 36.1. The van der Waals surface area contributed by atoms with Crippen LogP contribution < -0.4 is 10.7 Å². The van der Waals surface area contributed by atoms with E-state index in [1.807, 2.05) is 0 Å². The van der Waals surface area contributed by atoms with Crippen molar-refractivity contribution in [1.29, 1.82) is 0 Å². The van der Waals surface area contributed by atoms with E-state index in [2.05, 4.69) is 15.8 Å². The zero-order valence-electron chi connectivity index (χ0n) is 17.7. The molecular weight excluding hydrogens is 402 g/mol. The van der Waals surface area contributed by atoms with Crippen LogP contribution in [0.15, 0.2) is 33.8 Å². The smallest absolute Gasteiger partial charge is 0.427 e. The third-order valence-corrected chi connectivity index (χ3v) is 4.74. The summed E-state index contributed by atoms with van der Waals surface area (Å²) in [7, 11) is 0. The molecule has 1 aromatic heterocycles. The van der Waals surface area contributed by atoms with Crippen molar-refractivity contribution in [1.82, 2.24) is 5.43 Å². The highest BCUT2D eigenvalue weighted by molar-refractivity contribution is 6.09. The molecule has 0 aliphatic heterocycles. The topological polar surface area (TPSA) is 119 Å². The Bertz CT molecular complexity index is 1010. The molecule has 0 bridgehead atoms. The summed E-state index contributed by atoms with van der Waals surface area (Å²) in [6.45, 7) is 5.77. The second-order valence-corrected chi connectivity index (χ2v) is 6.85. The Labute approximate surface area is 179 Å². The molecule has 2 amide bonds. The van der Waals surface area contributed by atoms with Crippen molar-refractivity contribution in [3.05, 3.63) is 52.5 Å². The maximum Gasteiger partial charge on any atom is 0.427 e. The molecule has 3 rings (SSSR count). The van der Waals surface area contributed by atoms with E-state index in [1.165, 1.54) is 0 Å². The molecular formula is C22H25N3O6. The lowest BCUT2D eigenvalue weighted by molar-refractivity contribution is 0.0526. The lowest BCUT2D eigenvalue weighted by Crippen LogP contribution is -2.22. The Kier molecular flexibility index (Phi) is 7.07. The molecule has 31 heavy (non-hydrogen) atoms. The molecule has 1 aliphatic carbocycles. The second-order valence-electron chi connectivity index (χ2n) is 6.85. The van der Waals surface area contributed by atoms with Crippen LogP contribution in [0, 0.1) is 6.92 Å². The van der Waals surface area contributed by atoms with Crippen molar-refractivity contribution >= 4 is 29.4 Å². The standard InChI is InChI=1S/C22H25N3O6/c1-4-29-21(27)14-9-11-15(12-10-14)23-20(26)19-13(3)18-16(7-6-8-17(18)31-19)24-25-22(28)30-5-2/h9-12H,4-8H2,1-3H3,(H,23,26)(H,25,28)/b24-16+. The number of anilines is 1. The van der Waals surface area contributed by atoms with Gasteiger partial charge >= 0.3 is 12.1 Å². The Balaban J connectivity index is 1.77. The van der Waals surface area contributed by atoms with E-state index in [4.69, 9.17) is 13.9 Å². The van der Waals surface area contributed by atoms with Crippen LogP contribution in [0.1, 0.15) is 64.5 Å². The number of hydrogen-bond acceptors (Lipinski definition) is 7. The summed E-state index contributed by atoms with van der Waals surface area (Å²) < 4.78 is 15.6. The van der Waals surface area contributed by atoms with E-state index in [1.54, 1.807) is 45.0 Å². The highest BCUT2D eigenvalue weighted by Gasteiger charge is 2.28. The molecule has 0 unspecified atom stereocenters. The van der Waals surface area contributed by atoms with Crippen LogP contribution in [-0.2, 0) is 15.9 Å². The molecule has 0 radical (unpaired) electrons. The summed E-state index contributed by atoms with van der Waals surface area (Å²) >= 11 is 0. The minimum Gasteiger partial charge on any atom is -0.462 e. The van der Waals surface area contributed by atoms with Gasteiger partial charge in [0.25, 0.3) is 5.91 Å². The number of carbonyl (C=O) groups is 3. The van der Waals surface area contributed by atoms with Gasteiger partial charge in [0.15, 0.2) is 5.76 Å². The molecule has 1 aliphatic rings. The zero-order valence-corrected chi connectivity index (χ0v) is 17.7. The molecule has 9 nitrogen and oxygen atoms in total. The monoisotopic (exact) mass is 427 g/mol. The fourth-order valence-corrected chi connectivity index (χ4v) is 3.37. The second kappa shape index (κ2) is 9.92. The van der Waals surface area contributed by atoms with Crippen LogP contribution in [0.3, 0.4) is 0 Å². The van der Waals surface area contributed by atoms with Crippen LogP contribution in [0.4, 0.5) is 10.5 Å². The van der Waals surface area contributed by atoms with Gasteiger partial charge in [-0.2, -0.15) is 5.10 Å². The van der Waals surface area contributed by atoms with Crippen molar-refractivity contribution in [2.24, 2.45) is 5.10 Å². The van der Waals surface area contributed by atoms with E-state index in [0.29, 0.717) is 47.7 Å². The van der Waals surface area contributed by atoms with Crippen LogP contribution in [-0.4, -0.2) is 36.9 Å². The SMILES string of the molecule is CCOC(=O)N/N=C1\CCCc2oc(C(=O)Nc3ccc(C(=O)OCC)cc3)c(C)c21. The Morgan fingerprint density at radius 1 is 1.06 bits per heavy atom. The van der Waals surface area contributed by atoms with Crippen LogP contribution in [0.25, 0.3) is 0 Å². The van der Waals surface area contributed by atoms with Gasteiger partial charge in [-0.3, -0.25) is 4.79 Å². The number of nitrogens with one attached hydrogen (secondary N) is 2. The van der Waals surface area contributed by atoms with Gasteiger partial charge in [-0.1, -0.05) is 0 Å². The largest absolute Gasteiger partial charge is 0.462 e. The number of hydrazone groups is 1. The highest BCUT2D eigenvalue weighted by atomic mass is 16.6. The van der Waals surface area contributed by atoms with Gasteiger partial charge in [-0.05, 0) is 57.9 Å². The summed E-state index contributed by atoms with van der Waals surface area (Å²) in [5, 5.41) is 6.93. The van der Waals surface area contributed by atoms with E-state index < -0.39 is 18.0 Å². The van der Waals surface area contributed by atoms with Crippen LogP contribution >= 0.6 is 0 Å². The number of ether oxygens (including phenoxy) is 2.